The van der Waals surface area contributed by atoms with Crippen LogP contribution in [-0.4, -0.2) is 5.51 Å². The van der Waals surface area contributed by atoms with Crippen LogP contribution in [0.25, 0.3) is 0 Å². The lowest BCUT2D eigenvalue weighted by Crippen LogP contribution is -2.15. The van der Waals surface area contributed by atoms with Crippen LogP contribution in [0, 0.1) is 22.7 Å². The van der Waals surface area contributed by atoms with Crippen molar-refractivity contribution in [2.45, 2.75) is 10.4 Å². The third kappa shape index (κ3) is 5.64. The molecule has 1 rings (SSSR count). The van der Waals surface area contributed by atoms with Gasteiger partial charge in [-0.3, -0.25) is 5.43 Å². The molecule has 2 N–H and O–H groups in total. The van der Waals surface area contributed by atoms with Crippen molar-refractivity contribution >= 4 is 40.7 Å². The summed E-state index contributed by atoms with van der Waals surface area (Å²) < 4.78 is 36.8. The third-order valence-electron chi connectivity index (χ3n) is 1.90. The van der Waals surface area contributed by atoms with Crippen molar-refractivity contribution < 1.29 is 13.2 Å². The Morgan fingerprint density at radius 3 is 2.14 bits per heavy atom. The molecule has 1 aromatic carbocycles. The van der Waals surface area contributed by atoms with Gasteiger partial charge >= 0.3 is 5.51 Å². The van der Waals surface area contributed by atoms with E-state index in [2.05, 4.69) is 10.9 Å². The van der Waals surface area contributed by atoms with E-state index in [0.717, 1.165) is 18.3 Å². The first-order chi connectivity index (χ1) is 9.76. The second-order valence-corrected chi connectivity index (χ2v) is 5.31. The number of hydrogen-bond acceptors (Lipinski definition) is 5. The van der Waals surface area contributed by atoms with Crippen molar-refractivity contribution in [2.75, 3.05) is 5.43 Å². The molecule has 10 heteroatoms. The van der Waals surface area contributed by atoms with E-state index in [1.165, 1.54) is 0 Å². The number of hydrazine groups is 1. The molecular formula is C11H5Cl2F3N4S. The van der Waals surface area contributed by atoms with E-state index in [0.29, 0.717) is 0 Å². The molecule has 21 heavy (non-hydrogen) atoms. The van der Waals surface area contributed by atoms with Crippen LogP contribution in [0.2, 0.25) is 10.0 Å². The predicted molar refractivity (Wildman–Crippen MR) is 74.4 cm³/mol. The van der Waals surface area contributed by atoms with Gasteiger partial charge in [0.2, 0.25) is 0 Å². The summed E-state index contributed by atoms with van der Waals surface area (Å²) in [5.41, 5.74) is 0.350. The Morgan fingerprint density at radius 2 is 1.71 bits per heavy atom. The molecule has 0 amide bonds. The smallest absolute Gasteiger partial charge is 0.306 e. The fourth-order valence-electron chi connectivity index (χ4n) is 1.13. The molecular weight excluding hydrogens is 348 g/mol. The van der Waals surface area contributed by atoms with E-state index < -0.39 is 5.51 Å². The van der Waals surface area contributed by atoms with Crippen molar-refractivity contribution in [1.82, 2.24) is 5.43 Å². The molecule has 0 aliphatic heterocycles. The van der Waals surface area contributed by atoms with Crippen molar-refractivity contribution in [2.24, 2.45) is 0 Å². The van der Waals surface area contributed by atoms with E-state index in [9.17, 15) is 13.2 Å². The monoisotopic (exact) mass is 352 g/mol. The van der Waals surface area contributed by atoms with Crippen molar-refractivity contribution in [3.8, 4) is 12.1 Å². The Bertz CT molecular complexity index is 607. The lowest BCUT2D eigenvalue weighted by Gasteiger charge is -2.12. The molecule has 0 fully saturated rings. The third-order valence-corrected chi connectivity index (χ3v) is 3.20. The fraction of sp³-hybridized carbons (Fsp3) is 0.0909. The molecule has 0 unspecified atom stereocenters. The molecule has 0 spiro atoms. The van der Waals surface area contributed by atoms with Crippen LogP contribution in [0.1, 0.15) is 0 Å². The highest BCUT2D eigenvalue weighted by Crippen LogP contribution is 2.41. The molecule has 1 aromatic rings. The molecule has 110 valence electrons. The number of thioether (sulfide) groups is 1. The summed E-state index contributed by atoms with van der Waals surface area (Å²) in [6.07, 6.45) is 1.06. The number of alkyl halides is 3. The number of nitrogens with zero attached hydrogens (tertiary/aromatic N) is 2. The molecule has 0 aromatic heterocycles. The standard InChI is InChI=1S/C11H5Cl2F3N4S/c12-8-1-7(21-11(14,15)16)2-9(13)10(8)20-19-5-6(3-17)4-18/h1-2,5,19-20H. The first-order valence-corrected chi connectivity index (χ1v) is 6.60. The Kier molecular flexibility index (Phi) is 6.03. The molecule has 0 atom stereocenters. The second-order valence-electron chi connectivity index (χ2n) is 3.36. The molecule has 4 nitrogen and oxygen atoms in total. The van der Waals surface area contributed by atoms with Gasteiger partial charge in [-0.05, 0) is 23.9 Å². The summed E-state index contributed by atoms with van der Waals surface area (Å²) in [7, 11) is 0. The minimum Gasteiger partial charge on any atom is -0.306 e. The molecule has 0 radical (unpaired) electrons. The topological polar surface area (TPSA) is 71.6 Å². The van der Waals surface area contributed by atoms with Crippen LogP contribution in [-0.2, 0) is 0 Å². The second kappa shape index (κ2) is 7.32. The van der Waals surface area contributed by atoms with Crippen molar-refractivity contribution in [1.29, 1.82) is 10.5 Å². The van der Waals surface area contributed by atoms with Gasteiger partial charge in [-0.1, -0.05) is 23.2 Å². The van der Waals surface area contributed by atoms with E-state index in [4.69, 9.17) is 33.7 Å². The van der Waals surface area contributed by atoms with Crippen LogP contribution in [0.15, 0.2) is 28.8 Å². The van der Waals surface area contributed by atoms with E-state index in [1.54, 1.807) is 12.1 Å². The SMILES string of the molecule is N#CC(C#N)=CNNc1c(Cl)cc(SC(F)(F)F)cc1Cl. The first-order valence-electron chi connectivity index (χ1n) is 5.03. The van der Waals surface area contributed by atoms with Gasteiger partial charge in [-0.15, -0.1) is 0 Å². The van der Waals surface area contributed by atoms with Gasteiger partial charge in [0, 0.05) is 11.1 Å². The number of hydrogen-bond donors (Lipinski definition) is 2. The first kappa shape index (κ1) is 17.3. The largest absolute Gasteiger partial charge is 0.446 e. The van der Waals surface area contributed by atoms with Gasteiger partial charge in [0.25, 0.3) is 0 Å². The molecule has 0 bridgehead atoms. The van der Waals surface area contributed by atoms with E-state index in [1.807, 2.05) is 0 Å². The number of allylic oxidation sites excluding steroid dienone is 1. The highest BCUT2D eigenvalue weighted by molar-refractivity contribution is 8.00. The van der Waals surface area contributed by atoms with Gasteiger partial charge in [0.15, 0.2) is 0 Å². The maximum absolute atomic E-state index is 12.3. The van der Waals surface area contributed by atoms with E-state index in [-0.39, 0.29) is 38.0 Å². The Morgan fingerprint density at radius 1 is 1.19 bits per heavy atom. The minimum atomic E-state index is -4.45. The van der Waals surface area contributed by atoms with Crippen LogP contribution in [0.3, 0.4) is 0 Å². The van der Waals surface area contributed by atoms with Gasteiger partial charge in [0.1, 0.15) is 17.7 Å². The predicted octanol–water partition coefficient (Wildman–Crippen LogP) is 4.45. The Labute approximate surface area is 132 Å². The lowest BCUT2D eigenvalue weighted by atomic mass is 10.3. The zero-order chi connectivity index (χ0) is 16.0. The van der Waals surface area contributed by atoms with Crippen LogP contribution < -0.4 is 10.9 Å². The summed E-state index contributed by atoms with van der Waals surface area (Å²) in [5, 5.41) is 16.9. The van der Waals surface area contributed by atoms with Gasteiger partial charge in [-0.2, -0.15) is 23.7 Å². The average molecular weight is 353 g/mol. The molecule has 0 heterocycles. The average Bonchev–Trinajstić information content (AvgIpc) is 2.35. The van der Waals surface area contributed by atoms with Crippen LogP contribution >= 0.6 is 35.0 Å². The lowest BCUT2D eigenvalue weighted by molar-refractivity contribution is -0.0328. The Hall–Kier alpha value is -1.74. The molecule has 0 aliphatic carbocycles. The summed E-state index contributed by atoms with van der Waals surface area (Å²) in [6.45, 7) is 0. The van der Waals surface area contributed by atoms with Gasteiger partial charge in [-0.25, -0.2) is 0 Å². The summed E-state index contributed by atoms with van der Waals surface area (Å²) in [6, 6.07) is 5.39. The molecule has 0 aliphatic rings. The summed E-state index contributed by atoms with van der Waals surface area (Å²) >= 11 is 11.3. The number of nitrogens with one attached hydrogen (secondary N) is 2. The minimum absolute atomic E-state index is 0.0504. The normalized spacial score (nSPS) is 10.2. The quantitative estimate of drug-likeness (QED) is 0.475. The molecule has 0 saturated carbocycles. The zero-order valence-electron chi connectivity index (χ0n) is 9.92. The maximum atomic E-state index is 12.3. The van der Waals surface area contributed by atoms with E-state index >= 15 is 0 Å². The van der Waals surface area contributed by atoms with Crippen molar-refractivity contribution in [3.63, 3.8) is 0 Å². The van der Waals surface area contributed by atoms with Gasteiger partial charge in [0.05, 0.1) is 15.7 Å². The number of anilines is 1. The number of halogens is 5. The highest BCUT2D eigenvalue weighted by atomic mass is 35.5. The van der Waals surface area contributed by atoms with Crippen molar-refractivity contribution in [3.05, 3.63) is 34.0 Å². The Balaban J connectivity index is 2.89. The van der Waals surface area contributed by atoms with Crippen LogP contribution in [0.5, 0.6) is 0 Å². The van der Waals surface area contributed by atoms with Gasteiger partial charge < -0.3 is 5.43 Å². The summed E-state index contributed by atoms with van der Waals surface area (Å²) in [4.78, 5) is -0.159. The maximum Gasteiger partial charge on any atom is 0.446 e. The zero-order valence-corrected chi connectivity index (χ0v) is 12.3. The number of nitriles is 2. The number of benzene rings is 1. The molecule has 0 saturated heterocycles. The highest BCUT2D eigenvalue weighted by Gasteiger charge is 2.29. The fourth-order valence-corrected chi connectivity index (χ4v) is 2.46. The summed E-state index contributed by atoms with van der Waals surface area (Å²) in [5.74, 6) is 0. The number of rotatable bonds is 4. The van der Waals surface area contributed by atoms with Crippen LogP contribution in [0.4, 0.5) is 18.9 Å².